The monoisotopic (exact) mass is 358 g/mol. The number of hydrogen-bond donors (Lipinski definition) is 2. The molecule has 0 fully saturated rings. The summed E-state index contributed by atoms with van der Waals surface area (Å²) in [5, 5.41) is 15.3. The van der Waals surface area contributed by atoms with Gasteiger partial charge in [0, 0.05) is 23.6 Å². The number of carboxylic acids is 1. The quantitative estimate of drug-likeness (QED) is 0.520. The van der Waals surface area contributed by atoms with Crippen LogP contribution in [0.15, 0.2) is 54.9 Å². The maximum absolute atomic E-state index is 12.1. The van der Waals surface area contributed by atoms with Gasteiger partial charge in [0.25, 0.3) is 5.91 Å². The van der Waals surface area contributed by atoms with Crippen LogP contribution in [-0.4, -0.2) is 27.9 Å². The molecule has 3 rings (SSSR count). The van der Waals surface area contributed by atoms with Gasteiger partial charge in [-0.25, -0.2) is 4.79 Å². The third-order valence-corrected chi connectivity index (χ3v) is 3.34. The smallest absolute Gasteiger partial charge is 0.545 e. The van der Waals surface area contributed by atoms with E-state index in [1.54, 1.807) is 12.3 Å². The number of nitrogens with zero attached hydrogens (tertiary/aromatic N) is 2. The zero-order valence-corrected chi connectivity index (χ0v) is 15.7. The van der Waals surface area contributed by atoms with Crippen molar-refractivity contribution in [1.29, 1.82) is 0 Å². The molecule has 0 unspecified atom stereocenters. The first kappa shape index (κ1) is 19.5. The van der Waals surface area contributed by atoms with E-state index < -0.39 is 17.9 Å². The van der Waals surface area contributed by atoms with Gasteiger partial charge in [0.15, 0.2) is 0 Å². The van der Waals surface area contributed by atoms with Crippen molar-refractivity contribution >= 4 is 34.6 Å². The Hall–Kier alpha value is -2.81. The van der Waals surface area contributed by atoms with Crippen molar-refractivity contribution in [3.05, 3.63) is 66.0 Å². The van der Waals surface area contributed by atoms with Gasteiger partial charge in [-0.2, -0.15) is 0 Å². The first-order valence-electron chi connectivity index (χ1n) is 7.17. The molecule has 8 nitrogen and oxygen atoms in total. The van der Waals surface area contributed by atoms with E-state index in [-0.39, 0.29) is 40.7 Å². The minimum Gasteiger partial charge on any atom is -0.545 e. The van der Waals surface area contributed by atoms with Crippen molar-refractivity contribution < 1.29 is 49.0 Å². The summed E-state index contributed by atoms with van der Waals surface area (Å²) in [5.74, 6) is -1.91. The Morgan fingerprint density at radius 3 is 2.12 bits per heavy atom. The van der Waals surface area contributed by atoms with E-state index in [4.69, 9.17) is 0 Å². The molecule has 0 saturated heterocycles. The molecule has 26 heavy (non-hydrogen) atoms. The van der Waals surface area contributed by atoms with Gasteiger partial charge >= 0.3 is 35.6 Å². The van der Waals surface area contributed by atoms with Crippen molar-refractivity contribution in [1.82, 2.24) is 15.3 Å². The largest absolute Gasteiger partial charge is 1.00 e. The third-order valence-electron chi connectivity index (χ3n) is 3.34. The standard InChI is InChI=1S/C17H12N4O4.Na/c22-15(11-3-6-13-14(9-11)19-8-7-18-13)21-17(25)20-12-4-1-10(2-5-12)16(23)24;/h1-9H,(H,23,24)(H2,20,21,22,25);/q;+1/p-1. The van der Waals surface area contributed by atoms with Crippen LogP contribution in [-0.2, 0) is 0 Å². The summed E-state index contributed by atoms with van der Waals surface area (Å²) in [6, 6.07) is 9.30. The number of rotatable bonds is 3. The topological polar surface area (TPSA) is 124 Å². The van der Waals surface area contributed by atoms with Gasteiger partial charge in [-0.1, -0.05) is 12.1 Å². The van der Waals surface area contributed by atoms with Gasteiger partial charge in [0.2, 0.25) is 0 Å². The van der Waals surface area contributed by atoms with Crippen LogP contribution in [0.25, 0.3) is 11.0 Å². The van der Waals surface area contributed by atoms with Crippen LogP contribution in [0.4, 0.5) is 10.5 Å². The third kappa shape index (κ3) is 4.63. The van der Waals surface area contributed by atoms with Gasteiger partial charge in [0.1, 0.15) is 0 Å². The first-order chi connectivity index (χ1) is 12.0. The van der Waals surface area contributed by atoms with Crippen LogP contribution < -0.4 is 45.3 Å². The number of benzene rings is 2. The fourth-order valence-corrected chi connectivity index (χ4v) is 2.13. The Morgan fingerprint density at radius 2 is 1.46 bits per heavy atom. The van der Waals surface area contributed by atoms with Crippen LogP contribution in [0.1, 0.15) is 20.7 Å². The second-order valence-corrected chi connectivity index (χ2v) is 5.03. The molecule has 3 amide bonds. The summed E-state index contributed by atoms with van der Waals surface area (Å²) in [4.78, 5) is 42.9. The molecule has 3 aromatic rings. The summed E-state index contributed by atoms with van der Waals surface area (Å²) < 4.78 is 0. The van der Waals surface area contributed by atoms with Gasteiger partial charge in [0.05, 0.1) is 17.0 Å². The molecule has 0 aliphatic carbocycles. The first-order valence-corrected chi connectivity index (χ1v) is 7.17. The van der Waals surface area contributed by atoms with Crippen LogP contribution in [0.2, 0.25) is 0 Å². The Kier molecular flexibility index (Phi) is 6.40. The van der Waals surface area contributed by atoms with Gasteiger partial charge in [-0.05, 0) is 35.9 Å². The Morgan fingerprint density at radius 1 is 0.846 bits per heavy atom. The number of nitrogens with one attached hydrogen (secondary N) is 2. The molecule has 0 spiro atoms. The molecule has 0 aliphatic rings. The van der Waals surface area contributed by atoms with E-state index in [0.29, 0.717) is 16.7 Å². The molecule has 1 aromatic heterocycles. The van der Waals surface area contributed by atoms with E-state index in [1.165, 1.54) is 42.6 Å². The van der Waals surface area contributed by atoms with Crippen LogP contribution in [0.5, 0.6) is 0 Å². The van der Waals surface area contributed by atoms with E-state index >= 15 is 0 Å². The number of aromatic nitrogens is 2. The summed E-state index contributed by atoms with van der Waals surface area (Å²) in [6.07, 6.45) is 3.05. The fourth-order valence-electron chi connectivity index (χ4n) is 2.13. The van der Waals surface area contributed by atoms with Crippen molar-refractivity contribution in [2.24, 2.45) is 0 Å². The maximum atomic E-state index is 12.1. The van der Waals surface area contributed by atoms with Crippen LogP contribution in [0.3, 0.4) is 0 Å². The van der Waals surface area contributed by atoms with E-state index in [0.717, 1.165) is 0 Å². The number of hydrogen-bond acceptors (Lipinski definition) is 6. The van der Waals surface area contributed by atoms with Gasteiger partial charge < -0.3 is 15.2 Å². The molecule has 2 aromatic carbocycles. The molecule has 124 valence electrons. The number of imide groups is 1. The second-order valence-electron chi connectivity index (χ2n) is 5.03. The summed E-state index contributed by atoms with van der Waals surface area (Å²) in [6.45, 7) is 0. The van der Waals surface area contributed by atoms with E-state index in [1.807, 2.05) is 0 Å². The summed E-state index contributed by atoms with van der Waals surface area (Å²) >= 11 is 0. The number of carboxylic acid groups (broad SMARTS) is 1. The predicted octanol–water partition coefficient (Wildman–Crippen LogP) is -2.04. The summed E-state index contributed by atoms with van der Waals surface area (Å²) in [5.41, 5.74) is 1.75. The molecular weight excluding hydrogens is 347 g/mol. The van der Waals surface area contributed by atoms with Crippen molar-refractivity contribution in [2.45, 2.75) is 0 Å². The zero-order chi connectivity index (χ0) is 17.8. The van der Waals surface area contributed by atoms with Crippen molar-refractivity contribution in [3.63, 3.8) is 0 Å². The fraction of sp³-hybridized carbons (Fsp3) is 0. The average molecular weight is 358 g/mol. The zero-order valence-electron chi connectivity index (χ0n) is 13.7. The second kappa shape index (κ2) is 8.52. The van der Waals surface area contributed by atoms with Gasteiger partial charge in [-0.15, -0.1) is 0 Å². The normalized spacial score (nSPS) is 9.85. The number of urea groups is 1. The van der Waals surface area contributed by atoms with Crippen LogP contribution in [0, 0.1) is 0 Å². The average Bonchev–Trinajstić information content (AvgIpc) is 2.61. The molecule has 2 N–H and O–H groups in total. The number of fused-ring (bicyclic) bond motifs is 1. The molecule has 0 bridgehead atoms. The molecular formula is C17H11N4NaO4. The van der Waals surface area contributed by atoms with Gasteiger partial charge in [-0.3, -0.25) is 20.1 Å². The number of aromatic carboxylic acids is 1. The molecule has 1 heterocycles. The predicted molar refractivity (Wildman–Crippen MR) is 86.8 cm³/mol. The van der Waals surface area contributed by atoms with Crippen molar-refractivity contribution in [3.8, 4) is 0 Å². The molecule has 0 saturated carbocycles. The Balaban J connectivity index is 0.00000243. The molecule has 0 atom stereocenters. The number of anilines is 1. The van der Waals surface area contributed by atoms with Crippen molar-refractivity contribution in [2.75, 3.05) is 5.32 Å². The van der Waals surface area contributed by atoms with Crippen LogP contribution >= 0.6 is 0 Å². The minimum atomic E-state index is -1.31. The molecule has 9 heteroatoms. The minimum absolute atomic E-state index is 0. The van der Waals surface area contributed by atoms with E-state index in [9.17, 15) is 19.5 Å². The Labute approximate surface area is 169 Å². The number of carbonyl (C=O) groups is 3. The van der Waals surface area contributed by atoms with E-state index in [2.05, 4.69) is 20.6 Å². The SMILES string of the molecule is O=C(NC(=O)c1ccc2nccnc2c1)Nc1ccc(C(=O)[O-])cc1.[Na+]. The number of amides is 3. The molecule has 0 aliphatic heterocycles. The summed E-state index contributed by atoms with van der Waals surface area (Å²) in [7, 11) is 0. The Bertz CT molecular complexity index is 976. The maximum Gasteiger partial charge on any atom is 1.00 e. The number of carbonyl (C=O) groups excluding carboxylic acids is 3. The molecule has 0 radical (unpaired) electrons.